The number of nitriles is 1. The van der Waals surface area contributed by atoms with Crippen LogP contribution in [0.15, 0.2) is 11.1 Å². The van der Waals surface area contributed by atoms with Gasteiger partial charge in [0.15, 0.2) is 0 Å². The number of halogens is 2. The molecule has 0 spiro atoms. The Morgan fingerprint density at radius 1 is 1.22 bits per heavy atom. The summed E-state index contributed by atoms with van der Waals surface area (Å²) in [7, 11) is 0. The van der Waals surface area contributed by atoms with E-state index in [2.05, 4.69) is 16.7 Å². The lowest BCUT2D eigenvalue weighted by Gasteiger charge is -2.45. The number of alkyl halides is 2. The van der Waals surface area contributed by atoms with Crippen molar-refractivity contribution in [3.05, 3.63) is 11.1 Å². The first-order chi connectivity index (χ1) is 15.3. The summed E-state index contributed by atoms with van der Waals surface area (Å²) in [4.78, 5) is 25.6. The number of carbonyl (C=O) groups is 2. The molecule has 0 radical (unpaired) electrons. The summed E-state index contributed by atoms with van der Waals surface area (Å²) in [6.45, 7) is 1.44. The van der Waals surface area contributed by atoms with Gasteiger partial charge in [0.1, 0.15) is 12.3 Å². The Balaban J connectivity index is 1.45. The molecule has 1 heterocycles. The van der Waals surface area contributed by atoms with Gasteiger partial charge in [-0.15, -0.1) is 0 Å². The summed E-state index contributed by atoms with van der Waals surface area (Å²) in [5.41, 5.74) is 1.16. The fraction of sp³-hybridized carbons (Fsp3) is 0.792. The van der Waals surface area contributed by atoms with Crippen molar-refractivity contribution in [2.45, 2.75) is 82.7 Å². The van der Waals surface area contributed by atoms with E-state index in [1.54, 1.807) is 0 Å². The molecule has 0 aromatic rings. The van der Waals surface area contributed by atoms with Crippen molar-refractivity contribution in [1.82, 2.24) is 10.6 Å². The molecule has 6 nitrogen and oxygen atoms in total. The Hall–Kier alpha value is -2.01. The van der Waals surface area contributed by atoms with E-state index in [1.807, 2.05) is 6.92 Å². The maximum atomic E-state index is 14.8. The Labute approximate surface area is 187 Å². The van der Waals surface area contributed by atoms with Crippen molar-refractivity contribution in [3.8, 4) is 6.07 Å². The van der Waals surface area contributed by atoms with Crippen molar-refractivity contribution in [3.63, 3.8) is 0 Å². The number of hydrogen-bond donors (Lipinski definition) is 3. The highest BCUT2D eigenvalue weighted by atomic mass is 19.1. The molecule has 32 heavy (non-hydrogen) atoms. The molecule has 176 valence electrons. The molecular formula is C24H33F2N3O3. The summed E-state index contributed by atoms with van der Waals surface area (Å²) in [6.07, 6.45) is 1.84. The van der Waals surface area contributed by atoms with Crippen molar-refractivity contribution in [1.29, 1.82) is 5.26 Å². The maximum Gasteiger partial charge on any atom is 0.247 e. The van der Waals surface area contributed by atoms with Gasteiger partial charge in [0, 0.05) is 35.3 Å². The number of aliphatic hydroxyl groups excluding tert-OH is 1. The van der Waals surface area contributed by atoms with E-state index in [-0.39, 0.29) is 42.5 Å². The number of aliphatic hydroxyl groups is 1. The molecule has 8 heteroatoms. The molecule has 0 aromatic heterocycles. The zero-order valence-electron chi connectivity index (χ0n) is 18.5. The minimum atomic E-state index is -1.27. The van der Waals surface area contributed by atoms with Gasteiger partial charge in [-0.25, -0.2) is 8.78 Å². The molecule has 1 aliphatic heterocycles. The van der Waals surface area contributed by atoms with Crippen LogP contribution in [0.5, 0.6) is 0 Å². The summed E-state index contributed by atoms with van der Waals surface area (Å²) < 4.78 is 29.4. The van der Waals surface area contributed by atoms with Crippen molar-refractivity contribution >= 4 is 11.8 Å². The third kappa shape index (κ3) is 4.54. The second kappa shape index (κ2) is 9.46. The van der Waals surface area contributed by atoms with Crippen LogP contribution in [0.4, 0.5) is 8.78 Å². The first-order valence-electron chi connectivity index (χ1n) is 11.9. The van der Waals surface area contributed by atoms with Gasteiger partial charge in [0.05, 0.1) is 25.1 Å². The summed E-state index contributed by atoms with van der Waals surface area (Å²) in [5.74, 6) is -1.48. The van der Waals surface area contributed by atoms with E-state index in [0.717, 1.165) is 18.4 Å². The van der Waals surface area contributed by atoms with Gasteiger partial charge in [-0.1, -0.05) is 5.57 Å². The standard InChI is InChI=1S/C24H33F2N3O3/c1-12-16(24(32)29-19-7-6-17(25)23(22(12)19)14-3-4-14)9-21(31)28-20(11-30)15-5-2-13(10-27)8-18(15)26/h13-15,17-20,22-23,30H,2-9,11H2,1H3,(H,28,31)(H,29,32)/t13?,15?,17?,18?,19?,20-,22?,23?/m0/s1. The third-order valence-electron chi connectivity index (χ3n) is 8.15. The van der Waals surface area contributed by atoms with Crippen LogP contribution in [0.1, 0.15) is 58.3 Å². The van der Waals surface area contributed by atoms with E-state index in [1.165, 1.54) is 0 Å². The monoisotopic (exact) mass is 449 g/mol. The first-order valence-corrected chi connectivity index (χ1v) is 11.9. The number of nitrogens with zero attached hydrogens (tertiary/aromatic N) is 1. The number of rotatable bonds is 6. The van der Waals surface area contributed by atoms with Crippen LogP contribution in [0.2, 0.25) is 0 Å². The number of amides is 2. The molecule has 3 saturated carbocycles. The lowest BCUT2D eigenvalue weighted by atomic mass is 9.66. The van der Waals surface area contributed by atoms with Crippen LogP contribution >= 0.6 is 0 Å². The lowest BCUT2D eigenvalue weighted by molar-refractivity contribution is -0.125. The van der Waals surface area contributed by atoms with Crippen molar-refractivity contribution in [2.24, 2.45) is 29.6 Å². The van der Waals surface area contributed by atoms with Gasteiger partial charge in [0.2, 0.25) is 11.8 Å². The molecule has 3 aliphatic carbocycles. The smallest absolute Gasteiger partial charge is 0.247 e. The topological polar surface area (TPSA) is 102 Å². The van der Waals surface area contributed by atoms with Crippen LogP contribution in [-0.4, -0.2) is 48.0 Å². The Morgan fingerprint density at radius 3 is 2.59 bits per heavy atom. The van der Waals surface area contributed by atoms with Crippen molar-refractivity contribution in [2.75, 3.05) is 6.61 Å². The molecule has 4 aliphatic rings. The fourth-order valence-electron chi connectivity index (χ4n) is 6.30. The fourth-order valence-corrected chi connectivity index (χ4v) is 6.30. The predicted molar refractivity (Wildman–Crippen MR) is 113 cm³/mol. The molecule has 3 fully saturated rings. The number of carbonyl (C=O) groups excluding carboxylic acids is 2. The van der Waals surface area contributed by atoms with Gasteiger partial charge < -0.3 is 15.7 Å². The van der Waals surface area contributed by atoms with Crippen LogP contribution in [0.25, 0.3) is 0 Å². The van der Waals surface area contributed by atoms with E-state index >= 15 is 0 Å². The second-order valence-electron chi connectivity index (χ2n) is 10.1. The van der Waals surface area contributed by atoms with Gasteiger partial charge >= 0.3 is 0 Å². The normalized spacial score (nSPS) is 38.3. The quantitative estimate of drug-likeness (QED) is 0.580. The van der Waals surface area contributed by atoms with E-state index in [4.69, 9.17) is 5.26 Å². The minimum Gasteiger partial charge on any atom is -0.394 e. The molecule has 4 rings (SSSR count). The highest BCUT2D eigenvalue weighted by molar-refractivity contribution is 6.00. The minimum absolute atomic E-state index is 0.0836. The molecule has 0 bridgehead atoms. The number of hydrogen-bond acceptors (Lipinski definition) is 4. The third-order valence-corrected chi connectivity index (χ3v) is 8.15. The van der Waals surface area contributed by atoms with E-state index in [9.17, 15) is 23.5 Å². The zero-order valence-corrected chi connectivity index (χ0v) is 18.5. The molecule has 8 atom stereocenters. The number of nitrogens with one attached hydrogen (secondary N) is 2. The van der Waals surface area contributed by atoms with Gasteiger partial charge in [-0.3, -0.25) is 9.59 Å². The molecule has 0 aromatic carbocycles. The lowest BCUT2D eigenvalue weighted by Crippen LogP contribution is -2.54. The Bertz CT molecular complexity index is 822. The van der Waals surface area contributed by atoms with Crippen LogP contribution in [-0.2, 0) is 9.59 Å². The van der Waals surface area contributed by atoms with Crippen LogP contribution in [0, 0.1) is 40.9 Å². The highest BCUT2D eigenvalue weighted by Gasteiger charge is 2.50. The molecule has 3 N–H and O–H groups in total. The first kappa shape index (κ1) is 23.2. The summed E-state index contributed by atoms with van der Waals surface area (Å²) in [5, 5.41) is 24.5. The predicted octanol–water partition coefficient (Wildman–Crippen LogP) is 2.72. The number of fused-ring (bicyclic) bond motifs is 1. The zero-order chi connectivity index (χ0) is 23.0. The second-order valence-corrected chi connectivity index (χ2v) is 10.1. The highest BCUT2D eigenvalue weighted by Crippen LogP contribution is 2.51. The largest absolute Gasteiger partial charge is 0.394 e. The SMILES string of the molecule is CC1=C(CC(=O)N[C@@H](CO)C2CCC(C#N)CC2F)C(=O)NC2CCC(F)C(C3CC3)C12. The van der Waals surface area contributed by atoms with Gasteiger partial charge in [-0.2, -0.15) is 5.26 Å². The van der Waals surface area contributed by atoms with Crippen molar-refractivity contribution < 1.29 is 23.5 Å². The summed E-state index contributed by atoms with van der Waals surface area (Å²) in [6, 6.07) is 1.25. The Kier molecular flexibility index (Phi) is 6.85. The summed E-state index contributed by atoms with van der Waals surface area (Å²) >= 11 is 0. The molecule has 7 unspecified atom stereocenters. The average Bonchev–Trinajstić information content (AvgIpc) is 3.60. The molecule has 0 saturated heterocycles. The van der Waals surface area contributed by atoms with Gasteiger partial charge in [-0.05, 0) is 57.8 Å². The molecular weight excluding hydrogens is 416 g/mol. The van der Waals surface area contributed by atoms with Gasteiger partial charge in [0.25, 0.3) is 0 Å². The van der Waals surface area contributed by atoms with E-state index < -0.39 is 36.8 Å². The van der Waals surface area contributed by atoms with Crippen LogP contribution in [0.3, 0.4) is 0 Å². The Morgan fingerprint density at radius 2 is 1.97 bits per heavy atom. The maximum absolute atomic E-state index is 14.8. The van der Waals surface area contributed by atoms with E-state index in [0.29, 0.717) is 37.2 Å². The van der Waals surface area contributed by atoms with Crippen LogP contribution < -0.4 is 10.6 Å². The average molecular weight is 450 g/mol. The molecule has 2 amide bonds.